The largest absolute Gasteiger partial charge is 0.465 e. The molecule has 6 nitrogen and oxygen atoms in total. The lowest BCUT2D eigenvalue weighted by Gasteiger charge is -2.04. The Labute approximate surface area is 168 Å². The van der Waals surface area contributed by atoms with E-state index in [9.17, 15) is 9.59 Å². The van der Waals surface area contributed by atoms with Gasteiger partial charge in [0.1, 0.15) is 10.7 Å². The highest BCUT2D eigenvalue weighted by molar-refractivity contribution is 7.99. The molecule has 0 aromatic carbocycles. The first-order valence-corrected chi connectivity index (χ1v) is 11.6. The van der Waals surface area contributed by atoms with Gasteiger partial charge in [-0.1, -0.05) is 0 Å². The lowest BCUT2D eigenvalue weighted by molar-refractivity contribution is -0.140. The summed E-state index contributed by atoms with van der Waals surface area (Å²) in [5.41, 5.74) is 3.92. The van der Waals surface area contributed by atoms with E-state index in [4.69, 9.17) is 4.74 Å². The number of rotatable bonds is 7. The molecule has 0 fully saturated rings. The van der Waals surface area contributed by atoms with Gasteiger partial charge in [0.25, 0.3) is 5.56 Å². The summed E-state index contributed by atoms with van der Waals surface area (Å²) >= 11 is 4.61. The summed E-state index contributed by atoms with van der Waals surface area (Å²) in [5, 5.41) is 0.763. The molecule has 3 aromatic rings. The van der Waals surface area contributed by atoms with Crippen LogP contribution < -0.4 is 5.56 Å². The van der Waals surface area contributed by atoms with Crippen LogP contribution in [-0.2, 0) is 34.5 Å². The number of esters is 1. The van der Waals surface area contributed by atoms with Gasteiger partial charge in [-0.05, 0) is 31.7 Å². The van der Waals surface area contributed by atoms with Crippen LogP contribution in [-0.4, -0.2) is 33.3 Å². The van der Waals surface area contributed by atoms with Crippen molar-refractivity contribution in [2.75, 3.05) is 12.4 Å². The Morgan fingerprint density at radius 3 is 3.11 bits per heavy atom. The lowest BCUT2D eigenvalue weighted by Crippen LogP contribution is -2.13. The van der Waals surface area contributed by atoms with Crippen LogP contribution in [0.2, 0.25) is 0 Å². The van der Waals surface area contributed by atoms with Crippen molar-refractivity contribution in [2.24, 2.45) is 0 Å². The summed E-state index contributed by atoms with van der Waals surface area (Å²) in [5.74, 6) is 1.09. The molecule has 142 valence electrons. The van der Waals surface area contributed by atoms with Crippen molar-refractivity contribution in [3.8, 4) is 0 Å². The fourth-order valence-corrected chi connectivity index (χ4v) is 5.94. The predicted octanol–water partition coefficient (Wildman–Crippen LogP) is 3.26. The fraction of sp³-hybridized carbons (Fsp3) is 0.444. The van der Waals surface area contributed by atoms with Gasteiger partial charge in [0.15, 0.2) is 0 Å². The fourth-order valence-electron chi connectivity index (χ4n) is 3.21. The number of nitrogens with zero attached hydrogens (tertiary/aromatic N) is 2. The predicted molar refractivity (Wildman–Crippen MR) is 110 cm³/mol. The number of aromatic amines is 1. The van der Waals surface area contributed by atoms with Crippen molar-refractivity contribution in [2.45, 2.75) is 38.4 Å². The molecular formula is C18H19N3O3S3. The van der Waals surface area contributed by atoms with E-state index in [0.29, 0.717) is 24.6 Å². The normalized spacial score (nSPS) is 13.2. The van der Waals surface area contributed by atoms with Crippen molar-refractivity contribution in [3.63, 3.8) is 0 Å². The molecule has 0 unspecified atom stereocenters. The number of aromatic nitrogens is 3. The standard InChI is InChI=1S/C18H19N3O3S3/c1-10-12(26-9-19-10)5-6-24-15(22)8-25-7-14-20-17(23)16-11-3-2-4-13(11)27-18(16)21-14/h9H,2-8H2,1H3,(H,20,21,23). The summed E-state index contributed by atoms with van der Waals surface area (Å²) in [6.07, 6.45) is 3.84. The van der Waals surface area contributed by atoms with E-state index >= 15 is 0 Å². The summed E-state index contributed by atoms with van der Waals surface area (Å²) < 4.78 is 5.27. The van der Waals surface area contributed by atoms with E-state index in [2.05, 4.69) is 15.0 Å². The molecular weight excluding hydrogens is 402 g/mol. The summed E-state index contributed by atoms with van der Waals surface area (Å²) in [4.78, 5) is 39.2. The number of nitrogens with one attached hydrogen (secondary N) is 1. The Morgan fingerprint density at radius 2 is 2.30 bits per heavy atom. The van der Waals surface area contributed by atoms with Gasteiger partial charge in [0.05, 0.1) is 34.7 Å². The number of carbonyl (C=O) groups is 1. The van der Waals surface area contributed by atoms with E-state index in [1.807, 2.05) is 6.92 Å². The van der Waals surface area contributed by atoms with Crippen LogP contribution in [0.4, 0.5) is 0 Å². The minimum Gasteiger partial charge on any atom is -0.465 e. The third-order valence-corrected chi connectivity index (χ3v) is 7.62. The van der Waals surface area contributed by atoms with Crippen LogP contribution in [0.15, 0.2) is 10.3 Å². The molecule has 27 heavy (non-hydrogen) atoms. The molecule has 0 spiro atoms. The molecule has 0 saturated heterocycles. The van der Waals surface area contributed by atoms with Crippen LogP contribution in [0.3, 0.4) is 0 Å². The van der Waals surface area contributed by atoms with Crippen molar-refractivity contribution >= 4 is 50.6 Å². The first-order valence-electron chi connectivity index (χ1n) is 8.77. The first kappa shape index (κ1) is 18.6. The van der Waals surface area contributed by atoms with Gasteiger partial charge in [0, 0.05) is 16.2 Å². The monoisotopic (exact) mass is 421 g/mol. The molecule has 0 radical (unpaired) electrons. The second-order valence-electron chi connectivity index (χ2n) is 6.37. The van der Waals surface area contributed by atoms with Crippen molar-refractivity contribution < 1.29 is 9.53 Å². The second kappa shape index (κ2) is 8.12. The average Bonchev–Trinajstić information content (AvgIpc) is 3.31. The first-order chi connectivity index (χ1) is 13.1. The molecule has 3 heterocycles. The van der Waals surface area contributed by atoms with Crippen molar-refractivity contribution in [3.05, 3.63) is 42.7 Å². The molecule has 1 N–H and O–H groups in total. The Balaban J connectivity index is 1.28. The number of thioether (sulfide) groups is 1. The maximum absolute atomic E-state index is 12.4. The van der Waals surface area contributed by atoms with Gasteiger partial charge in [0.2, 0.25) is 0 Å². The van der Waals surface area contributed by atoms with Crippen LogP contribution in [0, 0.1) is 6.92 Å². The quantitative estimate of drug-likeness (QED) is 0.590. The topological polar surface area (TPSA) is 84.9 Å². The van der Waals surface area contributed by atoms with E-state index in [-0.39, 0.29) is 17.3 Å². The van der Waals surface area contributed by atoms with Crippen molar-refractivity contribution in [1.82, 2.24) is 15.0 Å². The zero-order valence-electron chi connectivity index (χ0n) is 14.9. The Kier molecular flexibility index (Phi) is 5.60. The number of H-pyrrole nitrogens is 1. The van der Waals surface area contributed by atoms with Gasteiger partial charge >= 0.3 is 5.97 Å². The molecule has 1 aliphatic rings. The third-order valence-electron chi connectivity index (χ3n) is 4.52. The minimum absolute atomic E-state index is 0.0579. The molecule has 0 aliphatic heterocycles. The molecule has 9 heteroatoms. The summed E-state index contributed by atoms with van der Waals surface area (Å²) in [7, 11) is 0. The summed E-state index contributed by atoms with van der Waals surface area (Å²) in [6, 6.07) is 0. The van der Waals surface area contributed by atoms with Gasteiger partial charge in [-0.3, -0.25) is 9.59 Å². The Hall–Kier alpha value is -1.71. The number of thiophene rings is 1. The Morgan fingerprint density at radius 1 is 1.41 bits per heavy atom. The average molecular weight is 422 g/mol. The van der Waals surface area contributed by atoms with E-state index in [0.717, 1.165) is 40.1 Å². The molecule has 0 amide bonds. The number of carbonyl (C=O) groups excluding carboxylic acids is 1. The van der Waals surface area contributed by atoms with Gasteiger partial charge in [-0.15, -0.1) is 34.4 Å². The number of hydrogen-bond acceptors (Lipinski definition) is 8. The number of hydrogen-bond donors (Lipinski definition) is 1. The third kappa shape index (κ3) is 4.09. The highest BCUT2D eigenvalue weighted by Crippen LogP contribution is 2.34. The van der Waals surface area contributed by atoms with Gasteiger partial charge in [-0.2, -0.15) is 0 Å². The Bertz CT molecular complexity index is 1040. The molecule has 0 bridgehead atoms. The zero-order chi connectivity index (χ0) is 18.8. The molecule has 3 aromatic heterocycles. The molecule has 1 aliphatic carbocycles. The maximum Gasteiger partial charge on any atom is 0.315 e. The van der Waals surface area contributed by atoms with Crippen LogP contribution in [0.25, 0.3) is 10.2 Å². The maximum atomic E-state index is 12.4. The number of aryl methyl sites for hydroxylation is 3. The highest BCUT2D eigenvalue weighted by Gasteiger charge is 2.21. The minimum atomic E-state index is -0.249. The molecule has 0 saturated carbocycles. The van der Waals surface area contributed by atoms with Crippen LogP contribution in [0.1, 0.15) is 33.3 Å². The van der Waals surface area contributed by atoms with Crippen molar-refractivity contribution in [1.29, 1.82) is 0 Å². The SMILES string of the molecule is Cc1ncsc1CCOC(=O)CSCc1nc2sc3c(c2c(=O)[nH]1)CCC3. The molecule has 0 atom stereocenters. The number of ether oxygens (including phenoxy) is 1. The summed E-state index contributed by atoms with van der Waals surface area (Å²) in [6.45, 7) is 2.32. The second-order valence-corrected chi connectivity index (χ2v) is 9.38. The van der Waals surface area contributed by atoms with Gasteiger partial charge in [-0.25, -0.2) is 9.97 Å². The van der Waals surface area contributed by atoms with Crippen LogP contribution in [0.5, 0.6) is 0 Å². The number of thiazole rings is 1. The highest BCUT2D eigenvalue weighted by atomic mass is 32.2. The smallest absolute Gasteiger partial charge is 0.315 e. The van der Waals surface area contributed by atoms with Crippen LogP contribution >= 0.6 is 34.4 Å². The van der Waals surface area contributed by atoms with Gasteiger partial charge < -0.3 is 9.72 Å². The van der Waals surface area contributed by atoms with E-state index in [1.54, 1.807) is 28.2 Å². The lowest BCUT2D eigenvalue weighted by atomic mass is 10.2. The van der Waals surface area contributed by atoms with E-state index in [1.165, 1.54) is 22.2 Å². The zero-order valence-corrected chi connectivity index (χ0v) is 17.3. The molecule has 4 rings (SSSR count). The number of fused-ring (bicyclic) bond motifs is 3. The van der Waals surface area contributed by atoms with E-state index < -0.39 is 0 Å².